The fraction of sp³-hybridized carbons (Fsp3) is 0.565. The zero-order valence-corrected chi connectivity index (χ0v) is 19.4. The summed E-state index contributed by atoms with van der Waals surface area (Å²) in [6, 6.07) is 9.19. The molecule has 11 heteroatoms. The van der Waals surface area contributed by atoms with Crippen LogP contribution in [0, 0.1) is 5.92 Å². The number of carbonyl (C=O) groups is 3. The van der Waals surface area contributed by atoms with E-state index in [0.29, 0.717) is 50.9 Å². The molecule has 3 heterocycles. The molecule has 0 unspecified atom stereocenters. The highest BCUT2D eigenvalue weighted by atomic mass is 16.2. The second-order valence-corrected chi connectivity index (χ2v) is 9.35. The van der Waals surface area contributed by atoms with E-state index < -0.39 is 11.6 Å². The van der Waals surface area contributed by atoms with Gasteiger partial charge >= 0.3 is 6.03 Å². The normalized spacial score (nSPS) is 25.2. The minimum Gasteiger partial charge on any atom is -0.338 e. The van der Waals surface area contributed by atoms with Crippen molar-refractivity contribution in [1.29, 1.82) is 0 Å². The number of anilines is 1. The fourth-order valence-electron chi connectivity index (χ4n) is 5.24. The summed E-state index contributed by atoms with van der Waals surface area (Å²) in [7, 11) is 0. The van der Waals surface area contributed by atoms with Crippen LogP contribution in [0.5, 0.6) is 0 Å². The number of nitrogens with zero attached hydrogens (tertiary/aromatic N) is 7. The lowest BCUT2D eigenvalue weighted by Crippen LogP contribution is -2.53. The predicted molar refractivity (Wildman–Crippen MR) is 123 cm³/mol. The van der Waals surface area contributed by atoms with Gasteiger partial charge in [-0.3, -0.25) is 14.5 Å². The van der Waals surface area contributed by atoms with E-state index in [-0.39, 0.29) is 18.4 Å². The number of para-hydroxylation sites is 1. The first-order valence-electron chi connectivity index (χ1n) is 12.0. The van der Waals surface area contributed by atoms with Gasteiger partial charge in [0.1, 0.15) is 12.1 Å². The number of hydrogen-bond donors (Lipinski definition) is 1. The molecule has 1 N–H and O–H groups in total. The van der Waals surface area contributed by atoms with E-state index in [2.05, 4.69) is 27.8 Å². The van der Waals surface area contributed by atoms with Gasteiger partial charge in [-0.1, -0.05) is 36.6 Å². The van der Waals surface area contributed by atoms with Crippen LogP contribution in [0.15, 0.2) is 30.3 Å². The first kappa shape index (κ1) is 22.3. The number of amides is 4. The van der Waals surface area contributed by atoms with Gasteiger partial charge in [-0.05, 0) is 54.2 Å². The molecule has 3 fully saturated rings. The van der Waals surface area contributed by atoms with Crippen molar-refractivity contribution in [3.05, 3.63) is 30.3 Å². The maximum atomic E-state index is 13.1. The van der Waals surface area contributed by atoms with Crippen LogP contribution in [-0.2, 0) is 9.59 Å². The quantitative estimate of drug-likeness (QED) is 0.658. The van der Waals surface area contributed by atoms with Crippen LogP contribution >= 0.6 is 0 Å². The maximum Gasteiger partial charge on any atom is 0.325 e. The lowest BCUT2D eigenvalue weighted by molar-refractivity contribution is -0.139. The summed E-state index contributed by atoms with van der Waals surface area (Å²) >= 11 is 0. The zero-order chi connectivity index (χ0) is 23.7. The second-order valence-electron chi connectivity index (χ2n) is 9.35. The molecule has 0 bridgehead atoms. The third-order valence-corrected chi connectivity index (χ3v) is 7.44. The standard InChI is InChI=1S/C23H30N8O3/c1-2-17-8-10-23(11-9-17)20(33)30(22(34)24-23)16-19(32)28-12-14-29(15-13-28)21-25-26-27-31(21)18-6-4-3-5-7-18/h3-7,17H,2,8-16H2,1H3,(H,24,34). The molecule has 1 aromatic carbocycles. The molecule has 3 aliphatic rings. The molecular weight excluding hydrogens is 436 g/mol. The molecule has 1 aromatic heterocycles. The molecule has 0 radical (unpaired) electrons. The molecular formula is C23H30N8O3. The third-order valence-electron chi connectivity index (χ3n) is 7.44. The number of urea groups is 1. The van der Waals surface area contributed by atoms with Gasteiger partial charge in [0.2, 0.25) is 11.9 Å². The molecule has 5 rings (SSSR count). The van der Waals surface area contributed by atoms with Crippen molar-refractivity contribution >= 4 is 23.8 Å². The van der Waals surface area contributed by atoms with Crippen LogP contribution in [0.1, 0.15) is 39.0 Å². The van der Waals surface area contributed by atoms with Crippen LogP contribution in [-0.4, -0.2) is 86.1 Å². The minimum absolute atomic E-state index is 0.217. The van der Waals surface area contributed by atoms with Crippen molar-refractivity contribution in [1.82, 2.24) is 35.3 Å². The Morgan fingerprint density at radius 2 is 1.79 bits per heavy atom. The Hall–Kier alpha value is -3.50. The molecule has 2 aromatic rings. The molecule has 2 aliphatic heterocycles. The minimum atomic E-state index is -0.823. The summed E-state index contributed by atoms with van der Waals surface area (Å²) in [5.41, 5.74) is 0.0393. The Kier molecular flexibility index (Phi) is 5.93. The van der Waals surface area contributed by atoms with Crippen LogP contribution < -0.4 is 10.2 Å². The lowest BCUT2D eigenvalue weighted by atomic mass is 9.75. The summed E-state index contributed by atoms with van der Waals surface area (Å²) < 4.78 is 1.68. The third kappa shape index (κ3) is 3.99. The summed E-state index contributed by atoms with van der Waals surface area (Å²) in [6.45, 7) is 3.99. The van der Waals surface area contributed by atoms with Crippen LogP contribution in [0.3, 0.4) is 0 Å². The van der Waals surface area contributed by atoms with Crippen molar-refractivity contribution in [3.63, 3.8) is 0 Å². The molecule has 2 saturated heterocycles. The Bertz CT molecular complexity index is 1060. The van der Waals surface area contributed by atoms with Gasteiger partial charge in [-0.25, -0.2) is 4.79 Å². The van der Waals surface area contributed by atoms with E-state index in [1.54, 1.807) is 9.58 Å². The van der Waals surface area contributed by atoms with E-state index in [1.165, 1.54) is 0 Å². The largest absolute Gasteiger partial charge is 0.338 e. The SMILES string of the molecule is CCC1CCC2(CC1)NC(=O)N(CC(=O)N1CCN(c3nnnn3-c3ccccc3)CC1)C2=O. The Labute approximate surface area is 198 Å². The van der Waals surface area contributed by atoms with Gasteiger partial charge in [0.25, 0.3) is 5.91 Å². The lowest BCUT2D eigenvalue weighted by Gasteiger charge is -2.36. The van der Waals surface area contributed by atoms with Crippen LogP contribution in [0.25, 0.3) is 5.69 Å². The topological polar surface area (TPSA) is 117 Å². The molecule has 1 aliphatic carbocycles. The number of piperazine rings is 1. The van der Waals surface area contributed by atoms with Gasteiger partial charge in [0.15, 0.2) is 0 Å². The molecule has 180 valence electrons. The smallest absolute Gasteiger partial charge is 0.325 e. The van der Waals surface area contributed by atoms with E-state index in [4.69, 9.17) is 0 Å². The molecule has 11 nitrogen and oxygen atoms in total. The van der Waals surface area contributed by atoms with Gasteiger partial charge < -0.3 is 15.1 Å². The van der Waals surface area contributed by atoms with Crippen molar-refractivity contribution in [2.45, 2.75) is 44.6 Å². The summed E-state index contributed by atoms with van der Waals surface area (Å²) in [5, 5.41) is 15.0. The summed E-state index contributed by atoms with van der Waals surface area (Å²) in [4.78, 5) is 43.5. The highest BCUT2D eigenvalue weighted by Crippen LogP contribution is 2.37. The number of nitrogens with one attached hydrogen (secondary N) is 1. The predicted octanol–water partition coefficient (Wildman–Crippen LogP) is 1.20. The summed E-state index contributed by atoms with van der Waals surface area (Å²) in [6.07, 6.45) is 4.23. The Balaban J connectivity index is 1.18. The van der Waals surface area contributed by atoms with Crippen molar-refractivity contribution in [3.8, 4) is 5.69 Å². The fourth-order valence-corrected chi connectivity index (χ4v) is 5.24. The average Bonchev–Trinajstić information content (AvgIpc) is 3.45. The molecule has 34 heavy (non-hydrogen) atoms. The number of rotatable bonds is 5. The number of tetrazole rings is 1. The maximum absolute atomic E-state index is 13.1. The number of aromatic nitrogens is 4. The number of carbonyl (C=O) groups excluding carboxylic acids is 3. The monoisotopic (exact) mass is 466 g/mol. The van der Waals surface area contributed by atoms with Crippen molar-refractivity contribution in [2.75, 3.05) is 37.6 Å². The number of hydrogen-bond acceptors (Lipinski definition) is 7. The first-order chi connectivity index (χ1) is 16.5. The highest BCUT2D eigenvalue weighted by Gasteiger charge is 2.52. The molecule has 1 saturated carbocycles. The van der Waals surface area contributed by atoms with Crippen LogP contribution in [0.4, 0.5) is 10.7 Å². The molecule has 0 atom stereocenters. The Morgan fingerprint density at radius 1 is 1.09 bits per heavy atom. The number of imide groups is 1. The van der Waals surface area contributed by atoms with Crippen LogP contribution in [0.2, 0.25) is 0 Å². The van der Waals surface area contributed by atoms with Gasteiger partial charge in [-0.2, -0.15) is 4.68 Å². The van der Waals surface area contributed by atoms with E-state index in [9.17, 15) is 14.4 Å². The number of benzene rings is 1. The van der Waals surface area contributed by atoms with E-state index in [0.717, 1.165) is 29.8 Å². The first-order valence-corrected chi connectivity index (χ1v) is 12.0. The van der Waals surface area contributed by atoms with Gasteiger partial charge in [-0.15, -0.1) is 0 Å². The zero-order valence-electron chi connectivity index (χ0n) is 19.4. The van der Waals surface area contributed by atoms with E-state index >= 15 is 0 Å². The summed E-state index contributed by atoms with van der Waals surface area (Å²) in [5.74, 6) is 0.758. The van der Waals surface area contributed by atoms with Crippen molar-refractivity contribution < 1.29 is 14.4 Å². The highest BCUT2D eigenvalue weighted by molar-refractivity contribution is 6.09. The second kappa shape index (κ2) is 9.03. The van der Waals surface area contributed by atoms with Gasteiger partial charge in [0.05, 0.1) is 5.69 Å². The van der Waals surface area contributed by atoms with Crippen molar-refractivity contribution in [2.24, 2.45) is 5.92 Å². The van der Waals surface area contributed by atoms with Gasteiger partial charge in [0, 0.05) is 26.2 Å². The van der Waals surface area contributed by atoms with E-state index in [1.807, 2.05) is 35.2 Å². The molecule has 1 spiro atoms. The Morgan fingerprint density at radius 3 is 2.47 bits per heavy atom. The average molecular weight is 467 g/mol. The molecule has 4 amide bonds.